The van der Waals surface area contributed by atoms with E-state index in [1.165, 1.54) is 0 Å². The van der Waals surface area contributed by atoms with Crippen molar-refractivity contribution in [1.82, 2.24) is 0 Å². The van der Waals surface area contributed by atoms with Crippen LogP contribution in [0.5, 0.6) is 0 Å². The van der Waals surface area contributed by atoms with Gasteiger partial charge in [-0.25, -0.2) is 0 Å². The molecule has 0 unspecified atom stereocenters. The zero-order chi connectivity index (χ0) is 9.00. The van der Waals surface area contributed by atoms with Gasteiger partial charge < -0.3 is 0 Å². The van der Waals surface area contributed by atoms with Crippen LogP contribution in [0.4, 0.5) is 0 Å². The summed E-state index contributed by atoms with van der Waals surface area (Å²) in [4.78, 5) is 0. The molecule has 68 valence electrons. The number of hydrogen-bond donors (Lipinski definition) is 0. The molecule has 0 fully saturated rings. The molecule has 11 heteroatoms. The van der Waals surface area contributed by atoms with E-state index in [1.54, 1.807) is 0 Å². The Hall–Kier alpha value is 1.94. The van der Waals surface area contributed by atoms with E-state index in [2.05, 4.69) is 0 Å². The van der Waals surface area contributed by atoms with Crippen molar-refractivity contribution in [2.45, 2.75) is 0 Å². The van der Waals surface area contributed by atoms with Crippen molar-refractivity contribution >= 4 is 23.9 Å². The van der Waals surface area contributed by atoms with Crippen molar-refractivity contribution in [3.05, 3.63) is 0 Å². The molecule has 8 nitrogen and oxygen atoms in total. The molecule has 0 spiro atoms. The van der Waals surface area contributed by atoms with Gasteiger partial charge in [0, 0.05) is 0 Å². The van der Waals surface area contributed by atoms with Crippen LogP contribution >= 0.6 is 0 Å². The predicted molar refractivity (Wildman–Crippen MR) is 8.54 cm³/mol. The second kappa shape index (κ2) is 7.35. The summed E-state index contributed by atoms with van der Waals surface area (Å²) in [5.74, 6) is 0. The van der Waals surface area contributed by atoms with Crippen molar-refractivity contribution in [3.8, 4) is 0 Å². The van der Waals surface area contributed by atoms with E-state index in [-0.39, 0.29) is 23.9 Å². The Labute approximate surface area is 90.5 Å². The van der Waals surface area contributed by atoms with Gasteiger partial charge in [-0.05, 0) is 0 Å². The molecule has 0 atom stereocenters. The summed E-state index contributed by atoms with van der Waals surface area (Å²) < 4.78 is 68.9. The van der Waals surface area contributed by atoms with Crippen LogP contribution in [0, 0.1) is 0 Å². The fourth-order valence-electron chi connectivity index (χ4n) is 0. The van der Waals surface area contributed by atoms with Gasteiger partial charge >= 0.3 is 23.9 Å². The molecule has 0 aromatic rings. The summed E-state index contributed by atoms with van der Waals surface area (Å²) in [6.45, 7) is 0. The SMILES string of the molecule is [O-][I+3]([O-])([O-])[O-].[O-][I+3]([O-])([O-])[O-].[SnH2+2]. The van der Waals surface area contributed by atoms with Gasteiger partial charge in [0.1, 0.15) is 40.2 Å². The van der Waals surface area contributed by atoms with E-state index in [9.17, 15) is 0 Å². The molecule has 0 saturated carbocycles. The van der Waals surface area contributed by atoms with Gasteiger partial charge in [0.15, 0.2) is 0 Å². The Morgan fingerprint density at radius 3 is 0.455 bits per heavy atom. The third-order valence-corrected chi connectivity index (χ3v) is 0. The maximum absolute atomic E-state index is 8.62. The van der Waals surface area contributed by atoms with E-state index in [0.29, 0.717) is 0 Å². The zero-order valence-corrected chi connectivity index (χ0v) is 13.1. The van der Waals surface area contributed by atoms with E-state index < -0.39 is 40.2 Å². The van der Waals surface area contributed by atoms with E-state index in [1.807, 2.05) is 0 Å². The molecular formula is H2I2O8Sn. The van der Waals surface area contributed by atoms with Crippen molar-refractivity contribution in [2.75, 3.05) is 0 Å². The second-order valence-electron chi connectivity index (χ2n) is 0.756. The summed E-state index contributed by atoms with van der Waals surface area (Å²) in [5.41, 5.74) is 0. The normalized spacial score (nSPS) is 10.9. The van der Waals surface area contributed by atoms with Crippen LogP contribution in [-0.4, -0.2) is 23.9 Å². The molecule has 0 N–H and O–H groups in total. The third kappa shape index (κ3) is 314. The summed E-state index contributed by atoms with van der Waals surface area (Å²) >= 11 is -11.9. The van der Waals surface area contributed by atoms with Crippen molar-refractivity contribution in [3.63, 3.8) is 0 Å². The number of halogens is 2. The van der Waals surface area contributed by atoms with Crippen LogP contribution in [0.15, 0.2) is 0 Å². The average Bonchev–Trinajstić information content (AvgIpc) is 1.12. The molecule has 0 saturated heterocycles. The first-order valence-electron chi connectivity index (χ1n) is 1.23. The Bertz CT molecular complexity index is 55.1. The van der Waals surface area contributed by atoms with E-state index in [4.69, 9.17) is 27.5 Å². The van der Waals surface area contributed by atoms with Gasteiger partial charge in [0.25, 0.3) is 0 Å². The molecule has 0 aliphatic rings. The Kier molecular flexibility index (Phi) is 12.5. The molecule has 0 rings (SSSR count). The Morgan fingerprint density at radius 1 is 0.455 bits per heavy atom. The minimum absolute atomic E-state index is 0. The van der Waals surface area contributed by atoms with Gasteiger partial charge in [0.2, 0.25) is 0 Å². The van der Waals surface area contributed by atoms with Crippen LogP contribution in [0.2, 0.25) is 0 Å². The standard InChI is InChI=1S/2IO4.Sn.2H/c2*2-1(3,4)5;;;/q2*-1;+2;;. The van der Waals surface area contributed by atoms with E-state index >= 15 is 0 Å². The first-order chi connectivity index (χ1) is 4.00. The fraction of sp³-hybridized carbons (Fsp3) is 0. The maximum atomic E-state index is 8.62. The van der Waals surface area contributed by atoms with Crippen molar-refractivity contribution in [2.24, 2.45) is 0 Å². The van der Waals surface area contributed by atoms with Crippen LogP contribution in [0.1, 0.15) is 0 Å². The first kappa shape index (κ1) is 18.7. The van der Waals surface area contributed by atoms with Crippen LogP contribution in [0.3, 0.4) is 0 Å². The summed E-state index contributed by atoms with van der Waals surface area (Å²) in [6, 6.07) is 0. The minimum atomic E-state index is -5.94. The van der Waals surface area contributed by atoms with E-state index in [0.717, 1.165) is 0 Å². The fourth-order valence-corrected chi connectivity index (χ4v) is 0. The number of hydrogen-bond acceptors (Lipinski definition) is 8. The van der Waals surface area contributed by atoms with Crippen LogP contribution in [-0.2, 0) is 0 Å². The molecule has 0 bridgehead atoms. The van der Waals surface area contributed by atoms with Crippen molar-refractivity contribution < 1.29 is 67.7 Å². The topological polar surface area (TPSA) is 184 Å². The summed E-state index contributed by atoms with van der Waals surface area (Å²) in [5, 5.41) is 0. The summed E-state index contributed by atoms with van der Waals surface area (Å²) in [7, 11) is 0. The van der Waals surface area contributed by atoms with Gasteiger partial charge in [-0.15, -0.1) is 0 Å². The molecule has 0 aromatic carbocycles. The zero-order valence-electron chi connectivity index (χ0n) is 4.73. The number of rotatable bonds is 0. The molecule has 0 aliphatic heterocycles. The molecule has 0 amide bonds. The summed E-state index contributed by atoms with van der Waals surface area (Å²) in [6.07, 6.45) is 0. The van der Waals surface area contributed by atoms with Crippen molar-refractivity contribution in [1.29, 1.82) is 0 Å². The molecular weight excluding hydrogens is 501 g/mol. The monoisotopic (exact) mass is 504 g/mol. The van der Waals surface area contributed by atoms with Crippen LogP contribution in [0.25, 0.3) is 0 Å². The molecule has 0 aromatic heterocycles. The average molecular weight is 503 g/mol. The molecule has 0 radical (unpaired) electrons. The molecule has 11 heavy (non-hydrogen) atoms. The quantitative estimate of drug-likeness (QED) is 0.231. The molecule has 0 aliphatic carbocycles. The van der Waals surface area contributed by atoms with Gasteiger partial charge in [-0.3, -0.25) is 27.5 Å². The third-order valence-electron chi connectivity index (χ3n) is 0. The predicted octanol–water partition coefficient (Wildman–Crippen LogP) is -16.4. The molecule has 0 heterocycles. The second-order valence-corrected chi connectivity index (χ2v) is 5.07. The first-order valence-corrected chi connectivity index (χ1v) is 8.28. The Balaban J connectivity index is -0.000000107. The van der Waals surface area contributed by atoms with Gasteiger partial charge in [-0.1, -0.05) is 0 Å². The Morgan fingerprint density at radius 2 is 0.455 bits per heavy atom. The van der Waals surface area contributed by atoms with Crippen LogP contribution < -0.4 is 67.7 Å². The van der Waals surface area contributed by atoms with Gasteiger partial charge in [-0.2, -0.15) is 0 Å². The van der Waals surface area contributed by atoms with Gasteiger partial charge in [0.05, 0.1) is 0 Å².